The summed E-state index contributed by atoms with van der Waals surface area (Å²) in [6, 6.07) is 0.140. The van der Waals surface area contributed by atoms with Crippen LogP contribution in [0.3, 0.4) is 0 Å². The number of piperazine rings is 1. The van der Waals surface area contributed by atoms with Gasteiger partial charge >= 0.3 is 6.18 Å². The van der Waals surface area contributed by atoms with E-state index in [2.05, 4.69) is 10.6 Å². The van der Waals surface area contributed by atoms with Crippen LogP contribution in [-0.2, 0) is 0 Å². The van der Waals surface area contributed by atoms with E-state index in [-0.39, 0.29) is 12.4 Å². The molecule has 0 saturated carbocycles. The Labute approximate surface area is 137 Å². The van der Waals surface area contributed by atoms with Crippen LogP contribution < -0.4 is 10.6 Å². The minimum atomic E-state index is -4.35. The first-order chi connectivity index (χ1) is 9.89. The van der Waals surface area contributed by atoms with Crippen molar-refractivity contribution in [3.63, 3.8) is 0 Å². The first kappa shape index (κ1) is 19.2. The van der Waals surface area contributed by atoms with E-state index in [0.717, 1.165) is 5.56 Å². The number of alkyl halides is 3. The van der Waals surface area contributed by atoms with Gasteiger partial charge in [-0.1, -0.05) is 0 Å². The lowest BCUT2D eigenvalue weighted by Gasteiger charge is -2.35. The Bertz CT molecular complexity index is 489. The molecule has 1 amide bonds. The zero-order valence-electron chi connectivity index (χ0n) is 12.1. The molecule has 0 aliphatic carbocycles. The summed E-state index contributed by atoms with van der Waals surface area (Å²) in [5.74, 6) is -0.438. The van der Waals surface area contributed by atoms with E-state index < -0.39 is 24.7 Å². The van der Waals surface area contributed by atoms with Crippen molar-refractivity contribution in [3.8, 4) is 0 Å². The Morgan fingerprint density at radius 3 is 2.59 bits per heavy atom. The maximum atomic E-state index is 13.2. The molecule has 22 heavy (non-hydrogen) atoms. The highest BCUT2D eigenvalue weighted by Gasteiger charge is 2.43. The van der Waals surface area contributed by atoms with Gasteiger partial charge < -0.3 is 10.6 Å². The van der Waals surface area contributed by atoms with Crippen LogP contribution >= 0.6 is 23.7 Å². The molecule has 1 atom stereocenters. The lowest BCUT2D eigenvalue weighted by Crippen LogP contribution is -2.57. The number of aryl methyl sites for hydroxylation is 1. The molecule has 1 aromatic heterocycles. The summed E-state index contributed by atoms with van der Waals surface area (Å²) in [4.78, 5) is 13.8. The normalized spacial score (nSPS) is 17.6. The lowest BCUT2D eigenvalue weighted by molar-refractivity contribution is -0.183. The molecule has 2 N–H and O–H groups in total. The molecule has 0 bridgehead atoms. The second kappa shape index (κ2) is 8.14. The molecule has 1 saturated heterocycles. The fraction of sp³-hybridized carbons (Fsp3) is 0.615. The number of amides is 1. The zero-order valence-corrected chi connectivity index (χ0v) is 13.7. The maximum absolute atomic E-state index is 13.2. The summed E-state index contributed by atoms with van der Waals surface area (Å²) in [5, 5.41) is 7.19. The Hall–Kier alpha value is -0.830. The van der Waals surface area contributed by atoms with Gasteiger partial charge in [0, 0.05) is 32.7 Å². The third kappa shape index (κ3) is 4.84. The standard InChI is InChI=1S/C13H18F3N3OS.ClH/c1-9-2-7-21-11(9)12(20)18-8-10(13(14,15)16)19-5-3-17-4-6-19;/h2,7,10,17H,3-6,8H2,1H3,(H,18,20);1H. The van der Waals surface area contributed by atoms with E-state index in [4.69, 9.17) is 0 Å². The quantitative estimate of drug-likeness (QED) is 0.866. The number of carbonyl (C=O) groups is 1. The molecule has 1 unspecified atom stereocenters. The van der Waals surface area contributed by atoms with Gasteiger partial charge in [0.2, 0.25) is 0 Å². The van der Waals surface area contributed by atoms with Crippen LogP contribution in [0, 0.1) is 6.92 Å². The van der Waals surface area contributed by atoms with Crippen molar-refractivity contribution in [2.45, 2.75) is 19.1 Å². The van der Waals surface area contributed by atoms with Crippen LogP contribution in [0.15, 0.2) is 11.4 Å². The average Bonchev–Trinajstić information content (AvgIpc) is 2.85. The predicted octanol–water partition coefficient (Wildman–Crippen LogP) is 2.04. The molecule has 1 aromatic rings. The minimum absolute atomic E-state index is 0. The minimum Gasteiger partial charge on any atom is -0.349 e. The van der Waals surface area contributed by atoms with Gasteiger partial charge in [-0.3, -0.25) is 9.69 Å². The largest absolute Gasteiger partial charge is 0.405 e. The number of nitrogens with zero attached hydrogens (tertiary/aromatic N) is 1. The highest BCUT2D eigenvalue weighted by atomic mass is 35.5. The third-order valence-electron chi connectivity index (χ3n) is 3.49. The van der Waals surface area contributed by atoms with Crippen LogP contribution in [0.4, 0.5) is 13.2 Å². The molecule has 1 aliphatic rings. The summed E-state index contributed by atoms with van der Waals surface area (Å²) in [5.41, 5.74) is 0.781. The molecule has 2 heterocycles. The smallest absolute Gasteiger partial charge is 0.349 e. The Morgan fingerprint density at radius 1 is 1.45 bits per heavy atom. The second-order valence-electron chi connectivity index (χ2n) is 4.99. The number of halogens is 4. The number of hydrogen-bond donors (Lipinski definition) is 2. The van der Waals surface area contributed by atoms with E-state index in [9.17, 15) is 18.0 Å². The highest BCUT2D eigenvalue weighted by Crippen LogP contribution is 2.25. The fourth-order valence-corrected chi connectivity index (χ4v) is 3.16. The molecule has 2 rings (SSSR count). The van der Waals surface area contributed by atoms with Crippen molar-refractivity contribution in [2.24, 2.45) is 0 Å². The van der Waals surface area contributed by atoms with Crippen molar-refractivity contribution < 1.29 is 18.0 Å². The molecule has 126 valence electrons. The van der Waals surface area contributed by atoms with Crippen molar-refractivity contribution >= 4 is 29.7 Å². The monoisotopic (exact) mass is 357 g/mol. The maximum Gasteiger partial charge on any atom is 0.405 e. The Kier molecular flexibility index (Phi) is 7.11. The van der Waals surface area contributed by atoms with Crippen LogP contribution in [0.1, 0.15) is 15.2 Å². The predicted molar refractivity (Wildman–Crippen MR) is 82.9 cm³/mol. The molecule has 0 spiro atoms. The van der Waals surface area contributed by atoms with Gasteiger partial charge in [-0.05, 0) is 23.9 Å². The van der Waals surface area contributed by atoms with Crippen LogP contribution in [0.5, 0.6) is 0 Å². The molecule has 0 aromatic carbocycles. The zero-order chi connectivity index (χ0) is 15.5. The lowest BCUT2D eigenvalue weighted by atomic mass is 10.2. The molecule has 4 nitrogen and oxygen atoms in total. The highest BCUT2D eigenvalue weighted by molar-refractivity contribution is 7.12. The topological polar surface area (TPSA) is 44.4 Å². The first-order valence-corrected chi connectivity index (χ1v) is 7.61. The van der Waals surface area contributed by atoms with Gasteiger partial charge in [-0.25, -0.2) is 0 Å². The SMILES string of the molecule is Cc1ccsc1C(=O)NCC(N1CCNCC1)C(F)(F)F.Cl. The van der Waals surface area contributed by atoms with E-state index in [0.29, 0.717) is 31.1 Å². The summed E-state index contributed by atoms with van der Waals surface area (Å²) in [6.07, 6.45) is -4.35. The summed E-state index contributed by atoms with van der Waals surface area (Å²) in [7, 11) is 0. The summed E-state index contributed by atoms with van der Waals surface area (Å²) >= 11 is 1.24. The Balaban J connectivity index is 0.00000242. The van der Waals surface area contributed by atoms with Crippen LogP contribution in [0.25, 0.3) is 0 Å². The molecule has 1 fully saturated rings. The number of thiophene rings is 1. The number of carbonyl (C=O) groups excluding carboxylic acids is 1. The number of nitrogens with one attached hydrogen (secondary N) is 2. The van der Waals surface area contributed by atoms with Crippen molar-refractivity contribution in [1.82, 2.24) is 15.5 Å². The van der Waals surface area contributed by atoms with Gasteiger partial charge in [0.15, 0.2) is 0 Å². The van der Waals surface area contributed by atoms with E-state index in [1.165, 1.54) is 16.2 Å². The third-order valence-corrected chi connectivity index (χ3v) is 4.51. The first-order valence-electron chi connectivity index (χ1n) is 6.73. The average molecular weight is 358 g/mol. The molecular formula is C13H19ClF3N3OS. The molecular weight excluding hydrogens is 339 g/mol. The van der Waals surface area contributed by atoms with Gasteiger partial charge in [-0.2, -0.15) is 13.2 Å². The summed E-state index contributed by atoms with van der Waals surface area (Å²) in [6.45, 7) is 3.08. The van der Waals surface area contributed by atoms with Gasteiger partial charge in [0.05, 0.1) is 4.88 Å². The van der Waals surface area contributed by atoms with E-state index in [1.54, 1.807) is 18.4 Å². The van der Waals surface area contributed by atoms with E-state index in [1.807, 2.05) is 0 Å². The summed E-state index contributed by atoms with van der Waals surface area (Å²) < 4.78 is 39.5. The second-order valence-corrected chi connectivity index (χ2v) is 5.90. The van der Waals surface area contributed by atoms with Crippen LogP contribution in [0.2, 0.25) is 0 Å². The van der Waals surface area contributed by atoms with Gasteiger partial charge in [0.1, 0.15) is 6.04 Å². The van der Waals surface area contributed by atoms with Gasteiger partial charge in [-0.15, -0.1) is 23.7 Å². The fourth-order valence-electron chi connectivity index (χ4n) is 2.32. The molecule has 0 radical (unpaired) electrons. The molecule has 1 aliphatic heterocycles. The number of rotatable bonds is 4. The van der Waals surface area contributed by atoms with E-state index >= 15 is 0 Å². The van der Waals surface area contributed by atoms with Crippen molar-refractivity contribution in [2.75, 3.05) is 32.7 Å². The van der Waals surface area contributed by atoms with Crippen LogP contribution in [-0.4, -0.2) is 55.7 Å². The Morgan fingerprint density at radius 2 is 2.09 bits per heavy atom. The van der Waals surface area contributed by atoms with Crippen molar-refractivity contribution in [1.29, 1.82) is 0 Å². The number of hydrogen-bond acceptors (Lipinski definition) is 4. The van der Waals surface area contributed by atoms with Gasteiger partial charge in [0.25, 0.3) is 5.91 Å². The van der Waals surface area contributed by atoms with Crippen molar-refractivity contribution in [3.05, 3.63) is 21.9 Å². The molecule has 9 heteroatoms.